The molecule has 0 bridgehead atoms. The van der Waals surface area contributed by atoms with Crippen LogP contribution in [0.25, 0.3) is 10.6 Å². The summed E-state index contributed by atoms with van der Waals surface area (Å²) in [5.41, 5.74) is 3.37. The summed E-state index contributed by atoms with van der Waals surface area (Å²) in [6.45, 7) is 0.642. The molecule has 0 aliphatic rings. The summed E-state index contributed by atoms with van der Waals surface area (Å²) in [4.78, 5) is 1.10. The third kappa shape index (κ3) is 3.71. The van der Waals surface area contributed by atoms with Crippen LogP contribution in [0.3, 0.4) is 0 Å². The van der Waals surface area contributed by atoms with Gasteiger partial charge in [-0.1, -0.05) is 71.9 Å². The Morgan fingerprint density at radius 3 is 2.16 bits per heavy atom. The fourth-order valence-electron chi connectivity index (χ4n) is 2.86. The van der Waals surface area contributed by atoms with Crippen LogP contribution in [-0.4, -0.2) is 5.16 Å². The molecule has 0 saturated heterocycles. The van der Waals surface area contributed by atoms with Gasteiger partial charge in [0.15, 0.2) is 5.76 Å². The highest BCUT2D eigenvalue weighted by atomic mass is 32.1. The quantitative estimate of drug-likeness (QED) is 0.516. The topological polar surface area (TPSA) is 38.1 Å². The highest BCUT2D eigenvalue weighted by molar-refractivity contribution is 7.13. The minimum atomic E-state index is 0.115. The summed E-state index contributed by atoms with van der Waals surface area (Å²) in [5, 5.41) is 9.85. The molecule has 0 saturated carbocycles. The molecule has 1 N–H and O–H groups in total. The molecule has 0 aliphatic heterocycles. The van der Waals surface area contributed by atoms with Crippen molar-refractivity contribution in [3.05, 3.63) is 101 Å². The van der Waals surface area contributed by atoms with Crippen LogP contribution in [0.15, 0.2) is 88.8 Å². The molecular formula is C21H18N2OS. The summed E-state index contributed by atoms with van der Waals surface area (Å²) in [7, 11) is 0. The Hall–Kier alpha value is -2.69. The van der Waals surface area contributed by atoms with Gasteiger partial charge in [-0.3, -0.25) is 0 Å². The van der Waals surface area contributed by atoms with Crippen molar-refractivity contribution in [3.63, 3.8) is 0 Å². The number of rotatable bonds is 6. The maximum absolute atomic E-state index is 5.47. The first-order valence-corrected chi connectivity index (χ1v) is 9.11. The predicted molar refractivity (Wildman–Crippen MR) is 101 cm³/mol. The van der Waals surface area contributed by atoms with Gasteiger partial charge >= 0.3 is 0 Å². The molecule has 0 aliphatic carbocycles. The molecule has 0 unspecified atom stereocenters. The minimum absolute atomic E-state index is 0.115. The van der Waals surface area contributed by atoms with Crippen molar-refractivity contribution < 1.29 is 4.52 Å². The standard InChI is InChI=1S/C21H18N2OS/c1-3-8-16(9-4-1)21(17-10-5-2-6-11-17)22-15-18-14-19(24-23-18)20-12-7-13-25-20/h1-14,21-22H,15H2. The molecule has 25 heavy (non-hydrogen) atoms. The second-order valence-electron chi connectivity index (χ2n) is 5.80. The highest BCUT2D eigenvalue weighted by Gasteiger charge is 2.14. The highest BCUT2D eigenvalue weighted by Crippen LogP contribution is 2.26. The first kappa shape index (κ1) is 15.8. The lowest BCUT2D eigenvalue weighted by atomic mass is 9.99. The third-order valence-electron chi connectivity index (χ3n) is 4.08. The van der Waals surface area contributed by atoms with E-state index in [9.17, 15) is 0 Å². The van der Waals surface area contributed by atoms with Gasteiger partial charge in [-0.2, -0.15) is 0 Å². The normalized spacial score (nSPS) is 11.1. The van der Waals surface area contributed by atoms with Crippen LogP contribution in [0, 0.1) is 0 Å². The van der Waals surface area contributed by atoms with Gasteiger partial charge < -0.3 is 9.84 Å². The number of hydrogen-bond acceptors (Lipinski definition) is 4. The summed E-state index contributed by atoms with van der Waals surface area (Å²) < 4.78 is 5.47. The maximum Gasteiger partial charge on any atom is 0.177 e. The lowest BCUT2D eigenvalue weighted by molar-refractivity contribution is 0.418. The number of aromatic nitrogens is 1. The van der Waals surface area contributed by atoms with Crippen molar-refractivity contribution in [1.29, 1.82) is 0 Å². The van der Waals surface area contributed by atoms with Crippen LogP contribution in [0.5, 0.6) is 0 Å². The molecular weight excluding hydrogens is 328 g/mol. The molecule has 0 atom stereocenters. The lowest BCUT2D eigenvalue weighted by Crippen LogP contribution is -2.22. The lowest BCUT2D eigenvalue weighted by Gasteiger charge is -2.19. The Bertz CT molecular complexity index is 862. The molecule has 4 heteroatoms. The SMILES string of the molecule is c1ccc(C(NCc2cc(-c3cccs3)on2)c2ccccc2)cc1. The van der Waals surface area contributed by atoms with Crippen molar-refractivity contribution in [3.8, 4) is 10.6 Å². The molecule has 2 heterocycles. The Labute approximate surface area is 150 Å². The molecule has 2 aromatic heterocycles. The summed E-state index contributed by atoms with van der Waals surface area (Å²) in [6.07, 6.45) is 0. The van der Waals surface area contributed by atoms with Crippen molar-refractivity contribution >= 4 is 11.3 Å². The second-order valence-corrected chi connectivity index (χ2v) is 6.74. The van der Waals surface area contributed by atoms with E-state index in [1.165, 1.54) is 11.1 Å². The van der Waals surface area contributed by atoms with Crippen LogP contribution in [0.2, 0.25) is 0 Å². The molecule has 124 valence electrons. The van der Waals surface area contributed by atoms with Gasteiger partial charge in [-0.25, -0.2) is 0 Å². The summed E-state index contributed by atoms with van der Waals surface area (Å²) >= 11 is 1.65. The van der Waals surface area contributed by atoms with E-state index in [0.29, 0.717) is 6.54 Å². The molecule has 3 nitrogen and oxygen atoms in total. The Balaban J connectivity index is 1.54. The van der Waals surface area contributed by atoms with E-state index in [1.54, 1.807) is 11.3 Å². The van der Waals surface area contributed by atoms with Gasteiger partial charge in [0.2, 0.25) is 0 Å². The average Bonchev–Trinajstić information content (AvgIpc) is 3.35. The molecule has 4 aromatic rings. The zero-order valence-corrected chi connectivity index (χ0v) is 14.4. The van der Waals surface area contributed by atoms with Crippen LogP contribution >= 0.6 is 11.3 Å². The first-order valence-electron chi connectivity index (χ1n) is 8.23. The Morgan fingerprint density at radius 1 is 0.880 bits per heavy atom. The van der Waals surface area contributed by atoms with Gasteiger partial charge in [0, 0.05) is 12.6 Å². The fraction of sp³-hybridized carbons (Fsp3) is 0.0952. The van der Waals surface area contributed by atoms with Gasteiger partial charge in [0.25, 0.3) is 0 Å². The van der Waals surface area contributed by atoms with Crippen LogP contribution < -0.4 is 5.32 Å². The Morgan fingerprint density at radius 2 is 1.56 bits per heavy atom. The zero-order chi connectivity index (χ0) is 16.9. The van der Waals surface area contributed by atoms with Gasteiger partial charge in [0.05, 0.1) is 16.6 Å². The van der Waals surface area contributed by atoms with E-state index in [4.69, 9.17) is 4.52 Å². The molecule has 0 spiro atoms. The predicted octanol–water partition coefficient (Wildman–Crippen LogP) is 5.28. The molecule has 0 radical (unpaired) electrons. The van der Waals surface area contributed by atoms with E-state index in [2.05, 4.69) is 59.0 Å². The van der Waals surface area contributed by atoms with E-state index >= 15 is 0 Å². The van der Waals surface area contributed by atoms with Gasteiger partial charge in [-0.05, 0) is 22.6 Å². The maximum atomic E-state index is 5.47. The van der Waals surface area contributed by atoms with Gasteiger partial charge in [0.1, 0.15) is 0 Å². The molecule has 2 aromatic carbocycles. The molecule has 4 rings (SSSR count). The number of nitrogens with zero attached hydrogens (tertiary/aromatic N) is 1. The molecule has 0 amide bonds. The van der Waals surface area contributed by atoms with Crippen molar-refractivity contribution in [2.75, 3.05) is 0 Å². The number of hydrogen-bond donors (Lipinski definition) is 1. The van der Waals surface area contributed by atoms with E-state index in [-0.39, 0.29) is 6.04 Å². The zero-order valence-electron chi connectivity index (χ0n) is 13.6. The van der Waals surface area contributed by atoms with E-state index in [1.807, 2.05) is 35.7 Å². The third-order valence-corrected chi connectivity index (χ3v) is 4.96. The Kier molecular flexibility index (Phi) is 4.72. The van der Waals surface area contributed by atoms with Crippen LogP contribution in [-0.2, 0) is 6.54 Å². The number of thiophene rings is 1. The monoisotopic (exact) mass is 346 g/mol. The molecule has 0 fully saturated rings. The smallest absolute Gasteiger partial charge is 0.177 e. The summed E-state index contributed by atoms with van der Waals surface area (Å²) in [5.74, 6) is 0.822. The number of nitrogens with one attached hydrogen (secondary N) is 1. The number of benzene rings is 2. The van der Waals surface area contributed by atoms with E-state index < -0.39 is 0 Å². The first-order chi connectivity index (χ1) is 12.4. The van der Waals surface area contributed by atoms with E-state index in [0.717, 1.165) is 16.3 Å². The fourth-order valence-corrected chi connectivity index (χ4v) is 3.53. The second kappa shape index (κ2) is 7.47. The largest absolute Gasteiger partial charge is 0.355 e. The van der Waals surface area contributed by atoms with Crippen LogP contribution in [0.4, 0.5) is 0 Å². The van der Waals surface area contributed by atoms with Crippen molar-refractivity contribution in [2.45, 2.75) is 12.6 Å². The van der Waals surface area contributed by atoms with Gasteiger partial charge in [-0.15, -0.1) is 11.3 Å². The average molecular weight is 346 g/mol. The summed E-state index contributed by atoms with van der Waals surface area (Å²) in [6, 6.07) is 27.1. The van der Waals surface area contributed by atoms with Crippen molar-refractivity contribution in [2.24, 2.45) is 0 Å². The van der Waals surface area contributed by atoms with Crippen molar-refractivity contribution in [1.82, 2.24) is 10.5 Å². The van der Waals surface area contributed by atoms with Crippen LogP contribution in [0.1, 0.15) is 22.9 Å². The minimum Gasteiger partial charge on any atom is -0.355 e.